The van der Waals surface area contributed by atoms with Crippen molar-refractivity contribution in [2.24, 2.45) is 0 Å². The summed E-state index contributed by atoms with van der Waals surface area (Å²) in [5.41, 5.74) is 1.11. The highest BCUT2D eigenvalue weighted by Crippen LogP contribution is 2.26. The van der Waals surface area contributed by atoms with Crippen LogP contribution in [0.5, 0.6) is 0 Å². The molecular weight excluding hydrogens is 286 g/mol. The van der Waals surface area contributed by atoms with Crippen molar-refractivity contribution in [3.63, 3.8) is 0 Å². The lowest BCUT2D eigenvalue weighted by Gasteiger charge is -2.18. The Morgan fingerprint density at radius 2 is 2.12 bits per heavy atom. The van der Waals surface area contributed by atoms with Crippen molar-refractivity contribution in [2.75, 3.05) is 5.32 Å². The van der Waals surface area contributed by atoms with E-state index in [9.17, 15) is 0 Å². The van der Waals surface area contributed by atoms with Gasteiger partial charge in [-0.25, -0.2) is 0 Å². The predicted molar refractivity (Wildman–Crippen MR) is 76.4 cm³/mol. The van der Waals surface area contributed by atoms with Crippen LogP contribution in [0.25, 0.3) is 0 Å². The van der Waals surface area contributed by atoms with Crippen molar-refractivity contribution in [2.45, 2.75) is 45.6 Å². The molecule has 3 heteroatoms. The van der Waals surface area contributed by atoms with Gasteiger partial charge in [-0.3, -0.25) is 0 Å². The zero-order chi connectivity index (χ0) is 12.0. The minimum Gasteiger partial charge on any atom is -0.382 e. The fourth-order valence-electron chi connectivity index (χ4n) is 1.65. The third kappa shape index (κ3) is 4.34. The molecule has 0 aliphatic carbocycles. The quantitative estimate of drug-likeness (QED) is 0.733. The van der Waals surface area contributed by atoms with Gasteiger partial charge in [0.1, 0.15) is 0 Å². The summed E-state index contributed by atoms with van der Waals surface area (Å²) in [6.45, 7) is 4.44. The molecule has 0 aliphatic rings. The summed E-state index contributed by atoms with van der Waals surface area (Å²) in [4.78, 5) is 0. The fourth-order valence-corrected chi connectivity index (χ4v) is 2.08. The monoisotopic (exact) mass is 303 g/mol. The molecule has 1 rings (SSSR count). The number of rotatable bonds is 6. The number of hydrogen-bond acceptors (Lipinski definition) is 1. The van der Waals surface area contributed by atoms with Gasteiger partial charge in [-0.1, -0.05) is 38.3 Å². The molecule has 0 aliphatic heterocycles. The van der Waals surface area contributed by atoms with Crippen LogP contribution in [0, 0.1) is 0 Å². The van der Waals surface area contributed by atoms with Gasteiger partial charge >= 0.3 is 0 Å². The SMILES string of the molecule is CCCCC(CC)Nc1ccc(Br)c(Cl)c1. The van der Waals surface area contributed by atoms with E-state index >= 15 is 0 Å². The highest BCUT2D eigenvalue weighted by Gasteiger charge is 2.06. The second kappa shape index (κ2) is 7.18. The van der Waals surface area contributed by atoms with Crippen LogP contribution in [0.3, 0.4) is 0 Å². The first-order valence-corrected chi connectivity index (χ1v) is 7.06. The minimum atomic E-state index is 0.553. The number of hydrogen-bond donors (Lipinski definition) is 1. The number of nitrogens with one attached hydrogen (secondary N) is 1. The van der Waals surface area contributed by atoms with Gasteiger partial charge < -0.3 is 5.32 Å². The maximum absolute atomic E-state index is 6.06. The van der Waals surface area contributed by atoms with Gasteiger partial charge in [-0.2, -0.15) is 0 Å². The average Bonchev–Trinajstić information content (AvgIpc) is 2.29. The third-order valence-electron chi connectivity index (χ3n) is 2.69. The molecule has 1 aromatic carbocycles. The zero-order valence-electron chi connectivity index (χ0n) is 9.89. The molecule has 0 spiro atoms. The van der Waals surface area contributed by atoms with Crippen LogP contribution in [0.1, 0.15) is 39.5 Å². The third-order valence-corrected chi connectivity index (χ3v) is 3.92. The maximum atomic E-state index is 6.06. The van der Waals surface area contributed by atoms with Crippen molar-refractivity contribution in [3.05, 3.63) is 27.7 Å². The molecule has 0 heterocycles. The Labute approximate surface area is 112 Å². The number of unbranched alkanes of at least 4 members (excludes halogenated alkanes) is 1. The van der Waals surface area contributed by atoms with Crippen molar-refractivity contribution < 1.29 is 0 Å². The van der Waals surface area contributed by atoms with E-state index in [1.807, 2.05) is 12.1 Å². The Hall–Kier alpha value is -0.210. The van der Waals surface area contributed by atoms with Crippen molar-refractivity contribution in [1.82, 2.24) is 0 Å². The van der Waals surface area contributed by atoms with Crippen molar-refractivity contribution in [1.29, 1.82) is 0 Å². The lowest BCUT2D eigenvalue weighted by molar-refractivity contribution is 0.593. The van der Waals surface area contributed by atoms with E-state index in [1.54, 1.807) is 0 Å². The van der Waals surface area contributed by atoms with Gasteiger partial charge in [0, 0.05) is 16.2 Å². The largest absolute Gasteiger partial charge is 0.382 e. The van der Waals surface area contributed by atoms with Crippen molar-refractivity contribution >= 4 is 33.2 Å². The topological polar surface area (TPSA) is 12.0 Å². The van der Waals surface area contributed by atoms with E-state index in [-0.39, 0.29) is 0 Å². The second-order valence-electron chi connectivity index (χ2n) is 4.02. The maximum Gasteiger partial charge on any atom is 0.0568 e. The van der Waals surface area contributed by atoms with Crippen LogP contribution in [0.2, 0.25) is 5.02 Å². The smallest absolute Gasteiger partial charge is 0.0568 e. The fraction of sp³-hybridized carbons (Fsp3) is 0.538. The molecule has 0 saturated heterocycles. The molecule has 16 heavy (non-hydrogen) atoms. The van der Waals surface area contributed by atoms with Crippen LogP contribution in [0.15, 0.2) is 22.7 Å². The molecule has 0 bridgehead atoms. The van der Waals surface area contributed by atoms with Crippen molar-refractivity contribution in [3.8, 4) is 0 Å². The first kappa shape index (κ1) is 13.9. The van der Waals surface area contributed by atoms with Crippen LogP contribution in [0.4, 0.5) is 5.69 Å². The van der Waals surface area contributed by atoms with Crippen LogP contribution < -0.4 is 5.32 Å². The Morgan fingerprint density at radius 1 is 1.38 bits per heavy atom. The van der Waals surface area contributed by atoms with Gasteiger partial charge in [0.2, 0.25) is 0 Å². The summed E-state index contributed by atoms with van der Waals surface area (Å²) in [6, 6.07) is 6.57. The van der Waals surface area contributed by atoms with Gasteiger partial charge in [-0.05, 0) is 47.0 Å². The average molecular weight is 305 g/mol. The summed E-state index contributed by atoms with van der Waals surface area (Å²) in [7, 11) is 0. The van der Waals surface area contributed by atoms with E-state index in [4.69, 9.17) is 11.6 Å². The summed E-state index contributed by atoms with van der Waals surface area (Å²) in [5.74, 6) is 0. The normalized spacial score (nSPS) is 12.5. The summed E-state index contributed by atoms with van der Waals surface area (Å²) >= 11 is 9.45. The van der Waals surface area contributed by atoms with Gasteiger partial charge in [0.25, 0.3) is 0 Å². The van der Waals surface area contributed by atoms with Crippen LogP contribution >= 0.6 is 27.5 Å². The zero-order valence-corrected chi connectivity index (χ0v) is 12.2. The Kier molecular flexibility index (Phi) is 6.22. The first-order valence-electron chi connectivity index (χ1n) is 5.89. The second-order valence-corrected chi connectivity index (χ2v) is 5.28. The van der Waals surface area contributed by atoms with Gasteiger partial charge in [0.15, 0.2) is 0 Å². The minimum absolute atomic E-state index is 0.553. The summed E-state index contributed by atoms with van der Waals surface area (Å²) in [6.07, 6.45) is 4.89. The van der Waals surface area contributed by atoms with E-state index in [0.29, 0.717) is 6.04 Å². The molecule has 0 fully saturated rings. The van der Waals surface area contributed by atoms with Gasteiger partial charge in [-0.15, -0.1) is 0 Å². The van der Waals surface area contributed by atoms with E-state index in [1.165, 1.54) is 19.3 Å². The number of halogens is 2. The molecule has 1 atom stereocenters. The molecule has 1 nitrogen and oxygen atoms in total. The lowest BCUT2D eigenvalue weighted by atomic mass is 10.1. The molecular formula is C13H19BrClN. The Balaban J connectivity index is 2.59. The molecule has 0 amide bonds. The molecule has 0 aromatic heterocycles. The van der Waals surface area contributed by atoms with E-state index in [2.05, 4.69) is 41.2 Å². The van der Waals surface area contributed by atoms with Crippen LogP contribution in [-0.4, -0.2) is 6.04 Å². The first-order chi connectivity index (χ1) is 7.67. The van der Waals surface area contributed by atoms with E-state index < -0.39 is 0 Å². The summed E-state index contributed by atoms with van der Waals surface area (Å²) < 4.78 is 0.946. The molecule has 90 valence electrons. The molecule has 1 aromatic rings. The molecule has 0 saturated carbocycles. The Bertz CT molecular complexity index is 328. The molecule has 1 N–H and O–H groups in total. The molecule has 1 unspecified atom stereocenters. The Morgan fingerprint density at radius 3 is 2.69 bits per heavy atom. The lowest BCUT2D eigenvalue weighted by Crippen LogP contribution is -2.18. The standard InChI is InChI=1S/C13H19BrClN/c1-3-5-6-10(4-2)16-11-7-8-12(14)13(15)9-11/h7-10,16H,3-6H2,1-2H3. The van der Waals surface area contributed by atoms with Gasteiger partial charge in [0.05, 0.1) is 5.02 Å². The highest BCUT2D eigenvalue weighted by atomic mass is 79.9. The highest BCUT2D eigenvalue weighted by molar-refractivity contribution is 9.10. The number of anilines is 1. The van der Waals surface area contributed by atoms with E-state index in [0.717, 1.165) is 21.6 Å². The summed E-state index contributed by atoms with van der Waals surface area (Å²) in [5, 5.41) is 4.29. The predicted octanol–water partition coefficient (Wildman–Crippen LogP) is 5.48. The van der Waals surface area contributed by atoms with Crippen LogP contribution in [-0.2, 0) is 0 Å². The number of benzene rings is 1. The molecule has 0 radical (unpaired) electrons.